The zero-order chi connectivity index (χ0) is 19.3. The number of pyridine rings is 1. The normalized spacial score (nSPS) is 19.0. The van der Waals surface area contributed by atoms with Crippen LogP contribution in [-0.2, 0) is 11.3 Å². The van der Waals surface area contributed by atoms with Gasteiger partial charge in [0, 0.05) is 68.9 Å². The molecule has 2 aliphatic rings. The van der Waals surface area contributed by atoms with Crippen molar-refractivity contribution in [1.82, 2.24) is 19.9 Å². The largest absolute Gasteiger partial charge is 0.378 e. The molecule has 2 saturated heterocycles. The van der Waals surface area contributed by atoms with Crippen LogP contribution in [0, 0.1) is 0 Å². The third-order valence-corrected chi connectivity index (χ3v) is 5.99. The Kier molecular flexibility index (Phi) is 6.39. The van der Waals surface area contributed by atoms with Crippen molar-refractivity contribution in [3.05, 3.63) is 40.8 Å². The number of nitrogens with zero attached hydrogens (tertiary/aromatic N) is 6. The number of ether oxygens (including phenoxy) is 1. The Hall–Kier alpha value is -1.77. The maximum atomic E-state index is 5.43. The van der Waals surface area contributed by atoms with Gasteiger partial charge in [-0.15, -0.1) is 0 Å². The highest BCUT2D eigenvalue weighted by Gasteiger charge is 2.24. The standard InChI is InChI=1S/C20H27BrN6O/c1-25(19-2-5-23-20(24-19)27-8-10-28-11-9-27)18-3-6-26(7-4-18)15-16-12-17(21)14-22-13-16/h2,5,12-14,18H,3-4,6-11,15H2,1H3. The summed E-state index contributed by atoms with van der Waals surface area (Å²) in [5, 5.41) is 0. The molecule has 7 nitrogen and oxygen atoms in total. The molecule has 0 N–H and O–H groups in total. The van der Waals surface area contributed by atoms with Crippen molar-refractivity contribution in [1.29, 1.82) is 0 Å². The molecule has 0 saturated carbocycles. The van der Waals surface area contributed by atoms with Crippen LogP contribution in [0.1, 0.15) is 18.4 Å². The molecule has 4 rings (SSSR count). The van der Waals surface area contributed by atoms with Crippen LogP contribution in [0.3, 0.4) is 0 Å². The first-order chi connectivity index (χ1) is 13.7. The number of morpholine rings is 1. The molecule has 2 aromatic rings. The Balaban J connectivity index is 1.34. The Morgan fingerprint density at radius 3 is 2.71 bits per heavy atom. The summed E-state index contributed by atoms with van der Waals surface area (Å²) in [6.07, 6.45) is 7.93. The van der Waals surface area contributed by atoms with Crippen LogP contribution in [0.2, 0.25) is 0 Å². The summed E-state index contributed by atoms with van der Waals surface area (Å²) < 4.78 is 6.48. The predicted molar refractivity (Wildman–Crippen MR) is 114 cm³/mol. The summed E-state index contributed by atoms with van der Waals surface area (Å²) in [4.78, 5) is 20.6. The molecule has 0 aromatic carbocycles. The number of halogens is 1. The van der Waals surface area contributed by atoms with Crippen molar-refractivity contribution < 1.29 is 4.74 Å². The van der Waals surface area contributed by atoms with E-state index in [-0.39, 0.29) is 0 Å². The van der Waals surface area contributed by atoms with Gasteiger partial charge in [0.15, 0.2) is 0 Å². The molecule has 2 aliphatic heterocycles. The molecule has 0 aliphatic carbocycles. The average Bonchev–Trinajstić information content (AvgIpc) is 2.75. The number of hydrogen-bond acceptors (Lipinski definition) is 7. The van der Waals surface area contributed by atoms with Gasteiger partial charge in [0.25, 0.3) is 0 Å². The van der Waals surface area contributed by atoms with E-state index in [0.29, 0.717) is 6.04 Å². The minimum atomic E-state index is 0.504. The summed E-state index contributed by atoms with van der Waals surface area (Å²) in [5.41, 5.74) is 1.26. The minimum Gasteiger partial charge on any atom is -0.378 e. The van der Waals surface area contributed by atoms with Crippen molar-refractivity contribution in [2.75, 3.05) is 56.2 Å². The molecule has 0 amide bonds. The zero-order valence-corrected chi connectivity index (χ0v) is 17.9. The third-order valence-electron chi connectivity index (χ3n) is 5.56. The van der Waals surface area contributed by atoms with Crippen LogP contribution in [0.25, 0.3) is 0 Å². The topological polar surface area (TPSA) is 57.6 Å². The van der Waals surface area contributed by atoms with Crippen molar-refractivity contribution in [2.45, 2.75) is 25.4 Å². The van der Waals surface area contributed by atoms with Gasteiger partial charge in [0.1, 0.15) is 5.82 Å². The molecule has 0 bridgehead atoms. The zero-order valence-electron chi connectivity index (χ0n) is 16.3. The minimum absolute atomic E-state index is 0.504. The van der Waals surface area contributed by atoms with E-state index in [1.807, 2.05) is 24.7 Å². The van der Waals surface area contributed by atoms with E-state index in [2.05, 4.69) is 53.7 Å². The molecule has 0 atom stereocenters. The van der Waals surface area contributed by atoms with Crippen molar-refractivity contribution >= 4 is 27.7 Å². The lowest BCUT2D eigenvalue weighted by Gasteiger charge is -2.37. The fourth-order valence-corrected chi connectivity index (χ4v) is 4.32. The Morgan fingerprint density at radius 2 is 1.96 bits per heavy atom. The summed E-state index contributed by atoms with van der Waals surface area (Å²) in [6, 6.07) is 4.67. The van der Waals surface area contributed by atoms with Gasteiger partial charge in [-0.1, -0.05) is 0 Å². The highest BCUT2D eigenvalue weighted by Crippen LogP contribution is 2.23. The van der Waals surface area contributed by atoms with E-state index in [9.17, 15) is 0 Å². The number of hydrogen-bond donors (Lipinski definition) is 0. The van der Waals surface area contributed by atoms with Gasteiger partial charge in [-0.05, 0) is 46.5 Å². The summed E-state index contributed by atoms with van der Waals surface area (Å²) in [6.45, 7) is 6.33. The third kappa shape index (κ3) is 4.79. The summed E-state index contributed by atoms with van der Waals surface area (Å²) in [7, 11) is 2.16. The second kappa shape index (κ2) is 9.15. The van der Waals surface area contributed by atoms with Crippen LogP contribution in [0.4, 0.5) is 11.8 Å². The first-order valence-corrected chi connectivity index (χ1v) is 10.7. The summed E-state index contributed by atoms with van der Waals surface area (Å²) in [5.74, 6) is 1.82. The van der Waals surface area contributed by atoms with Gasteiger partial charge >= 0.3 is 0 Å². The van der Waals surface area contributed by atoms with Crippen molar-refractivity contribution in [3.8, 4) is 0 Å². The fraction of sp³-hybridized carbons (Fsp3) is 0.550. The predicted octanol–water partition coefficient (Wildman–Crippen LogP) is 2.57. The molecule has 8 heteroatoms. The number of likely N-dealkylation sites (tertiary alicyclic amines) is 1. The molecule has 28 heavy (non-hydrogen) atoms. The average molecular weight is 447 g/mol. The lowest BCUT2D eigenvalue weighted by molar-refractivity contribution is 0.122. The van der Waals surface area contributed by atoms with Gasteiger partial charge in [0.05, 0.1) is 13.2 Å². The smallest absolute Gasteiger partial charge is 0.227 e. The monoisotopic (exact) mass is 446 g/mol. The second-order valence-electron chi connectivity index (χ2n) is 7.44. The van der Waals surface area contributed by atoms with Crippen molar-refractivity contribution in [3.63, 3.8) is 0 Å². The van der Waals surface area contributed by atoms with Gasteiger partial charge in [-0.3, -0.25) is 9.88 Å². The highest BCUT2D eigenvalue weighted by molar-refractivity contribution is 9.10. The molecule has 0 radical (unpaired) electrons. The maximum absolute atomic E-state index is 5.43. The molecule has 2 aromatic heterocycles. The summed E-state index contributed by atoms with van der Waals surface area (Å²) >= 11 is 3.51. The van der Waals surface area contributed by atoms with Gasteiger partial charge in [-0.25, -0.2) is 4.98 Å². The lowest BCUT2D eigenvalue weighted by atomic mass is 10.0. The first-order valence-electron chi connectivity index (χ1n) is 9.89. The van der Waals surface area contributed by atoms with E-state index >= 15 is 0 Å². The van der Waals surface area contributed by atoms with Crippen LogP contribution in [0.15, 0.2) is 35.2 Å². The van der Waals surface area contributed by atoms with Crippen LogP contribution in [-0.4, -0.2) is 72.3 Å². The van der Waals surface area contributed by atoms with Gasteiger partial charge in [0.2, 0.25) is 5.95 Å². The van der Waals surface area contributed by atoms with Crippen molar-refractivity contribution in [2.24, 2.45) is 0 Å². The van der Waals surface area contributed by atoms with E-state index in [0.717, 1.165) is 75.0 Å². The number of anilines is 2. The van der Waals surface area contributed by atoms with Crippen LogP contribution in [0.5, 0.6) is 0 Å². The highest BCUT2D eigenvalue weighted by atomic mass is 79.9. The molecule has 0 spiro atoms. The second-order valence-corrected chi connectivity index (χ2v) is 8.36. The first kappa shape index (κ1) is 19.5. The molecule has 150 valence electrons. The number of aromatic nitrogens is 3. The van der Waals surface area contributed by atoms with Gasteiger partial charge < -0.3 is 14.5 Å². The Labute approximate surface area is 174 Å². The van der Waals surface area contributed by atoms with E-state index < -0.39 is 0 Å². The SMILES string of the molecule is CN(c1ccnc(N2CCOCC2)n1)C1CCN(Cc2cncc(Br)c2)CC1. The van der Waals surface area contributed by atoms with E-state index in [1.54, 1.807) is 0 Å². The molecule has 0 unspecified atom stereocenters. The number of rotatable bonds is 5. The fourth-order valence-electron chi connectivity index (χ4n) is 3.90. The van der Waals surface area contributed by atoms with E-state index in [4.69, 9.17) is 9.72 Å². The van der Waals surface area contributed by atoms with Gasteiger partial charge in [-0.2, -0.15) is 4.98 Å². The Morgan fingerprint density at radius 1 is 1.18 bits per heavy atom. The molecule has 4 heterocycles. The lowest BCUT2D eigenvalue weighted by Crippen LogP contribution is -2.43. The molecule has 2 fully saturated rings. The molecular formula is C20H27BrN6O. The number of piperidine rings is 1. The molecular weight excluding hydrogens is 420 g/mol. The maximum Gasteiger partial charge on any atom is 0.227 e. The quantitative estimate of drug-likeness (QED) is 0.699. The van der Waals surface area contributed by atoms with Crippen LogP contribution < -0.4 is 9.80 Å². The Bertz CT molecular complexity index is 777. The van der Waals surface area contributed by atoms with Crippen LogP contribution >= 0.6 is 15.9 Å². The van der Waals surface area contributed by atoms with E-state index in [1.165, 1.54) is 5.56 Å².